The number of amides is 1. The summed E-state index contributed by atoms with van der Waals surface area (Å²) in [5, 5.41) is 14.4. The van der Waals surface area contributed by atoms with Crippen LogP contribution in [0.25, 0.3) is 0 Å². The third-order valence-electron chi connectivity index (χ3n) is 4.59. The molecule has 0 bridgehead atoms. The van der Waals surface area contributed by atoms with Gasteiger partial charge in [0.15, 0.2) is 0 Å². The molecule has 21 heavy (non-hydrogen) atoms. The zero-order valence-corrected chi connectivity index (χ0v) is 11.8. The maximum atomic E-state index is 12.4. The fourth-order valence-electron chi connectivity index (χ4n) is 3.37. The average molecular weight is 289 g/mol. The Morgan fingerprint density at radius 1 is 1.33 bits per heavy atom. The van der Waals surface area contributed by atoms with Crippen molar-refractivity contribution in [3.05, 3.63) is 39.9 Å². The summed E-state index contributed by atoms with van der Waals surface area (Å²) < 4.78 is 0. The van der Waals surface area contributed by atoms with Crippen LogP contribution in [0.3, 0.4) is 0 Å². The molecular weight excluding hydrogens is 270 g/mol. The highest BCUT2D eigenvalue weighted by atomic mass is 16.6. The minimum Gasteiger partial charge on any atom is -0.342 e. The van der Waals surface area contributed by atoms with Gasteiger partial charge in [-0.3, -0.25) is 14.9 Å². The van der Waals surface area contributed by atoms with Crippen LogP contribution >= 0.6 is 0 Å². The summed E-state index contributed by atoms with van der Waals surface area (Å²) >= 11 is 0. The number of benzene rings is 1. The second kappa shape index (κ2) is 5.81. The Labute approximate surface area is 123 Å². The fraction of sp³-hybridized carbons (Fsp3) is 0.533. The van der Waals surface area contributed by atoms with Crippen molar-refractivity contribution in [2.45, 2.75) is 12.8 Å². The molecule has 0 aromatic heterocycles. The van der Waals surface area contributed by atoms with E-state index >= 15 is 0 Å². The van der Waals surface area contributed by atoms with Crippen LogP contribution in [0, 0.1) is 22.0 Å². The molecule has 3 rings (SSSR count). The monoisotopic (exact) mass is 289 g/mol. The van der Waals surface area contributed by atoms with E-state index in [0.29, 0.717) is 17.4 Å². The lowest BCUT2D eigenvalue weighted by Crippen LogP contribution is -2.44. The first kappa shape index (κ1) is 14.0. The number of fused-ring (bicyclic) bond motifs is 1. The number of nitro groups is 1. The molecule has 2 heterocycles. The zero-order chi connectivity index (χ0) is 14.8. The SMILES string of the molecule is O=C(Cc1ccccc1[N+](=O)[O-])N1CCC2CNCC2C1. The lowest BCUT2D eigenvalue weighted by Gasteiger charge is -2.34. The minimum absolute atomic E-state index is 0.00495. The molecule has 1 aromatic rings. The highest BCUT2D eigenvalue weighted by Gasteiger charge is 2.34. The lowest BCUT2D eigenvalue weighted by atomic mass is 9.88. The Hall–Kier alpha value is -1.95. The van der Waals surface area contributed by atoms with Gasteiger partial charge in [0.25, 0.3) is 5.69 Å². The van der Waals surface area contributed by atoms with Crippen LogP contribution in [-0.2, 0) is 11.2 Å². The third-order valence-corrected chi connectivity index (χ3v) is 4.59. The van der Waals surface area contributed by atoms with Crippen molar-refractivity contribution in [1.82, 2.24) is 10.2 Å². The summed E-state index contributed by atoms with van der Waals surface area (Å²) in [7, 11) is 0. The molecule has 0 aliphatic carbocycles. The zero-order valence-electron chi connectivity index (χ0n) is 11.8. The molecule has 0 saturated carbocycles. The molecule has 1 amide bonds. The van der Waals surface area contributed by atoms with Crippen molar-refractivity contribution in [3.63, 3.8) is 0 Å². The molecule has 0 radical (unpaired) electrons. The minimum atomic E-state index is -0.421. The predicted molar refractivity (Wildman–Crippen MR) is 77.8 cm³/mol. The van der Waals surface area contributed by atoms with Crippen LogP contribution in [0.15, 0.2) is 24.3 Å². The van der Waals surface area contributed by atoms with E-state index in [9.17, 15) is 14.9 Å². The molecule has 1 N–H and O–H groups in total. The van der Waals surface area contributed by atoms with Crippen LogP contribution in [-0.4, -0.2) is 41.9 Å². The van der Waals surface area contributed by atoms with E-state index in [1.807, 2.05) is 4.90 Å². The van der Waals surface area contributed by atoms with E-state index in [0.717, 1.165) is 32.6 Å². The van der Waals surface area contributed by atoms with E-state index in [1.165, 1.54) is 6.07 Å². The Bertz CT molecular complexity index is 561. The Morgan fingerprint density at radius 3 is 2.90 bits per heavy atom. The molecule has 6 nitrogen and oxygen atoms in total. The maximum absolute atomic E-state index is 12.4. The number of nitrogens with zero attached hydrogens (tertiary/aromatic N) is 2. The largest absolute Gasteiger partial charge is 0.342 e. The smallest absolute Gasteiger partial charge is 0.273 e. The Morgan fingerprint density at radius 2 is 2.10 bits per heavy atom. The summed E-state index contributed by atoms with van der Waals surface area (Å²) in [5.74, 6) is 1.21. The van der Waals surface area contributed by atoms with Gasteiger partial charge < -0.3 is 10.2 Å². The van der Waals surface area contributed by atoms with Crippen LogP contribution in [0.4, 0.5) is 5.69 Å². The van der Waals surface area contributed by atoms with Gasteiger partial charge >= 0.3 is 0 Å². The molecule has 2 unspecified atom stereocenters. The standard InChI is InChI=1S/C15H19N3O3/c19-15(7-11-3-1-2-4-14(11)18(20)21)17-6-5-12-8-16-9-13(12)10-17/h1-4,12-13,16H,5-10H2. The number of hydrogen-bond donors (Lipinski definition) is 1. The van der Waals surface area contributed by atoms with Crippen molar-refractivity contribution in [1.29, 1.82) is 0 Å². The first-order chi connectivity index (χ1) is 10.1. The van der Waals surface area contributed by atoms with Crippen LogP contribution in [0.5, 0.6) is 0 Å². The summed E-state index contributed by atoms with van der Waals surface area (Å²) in [5.41, 5.74) is 0.530. The first-order valence-corrected chi connectivity index (χ1v) is 7.36. The molecule has 112 valence electrons. The van der Waals surface area contributed by atoms with Gasteiger partial charge in [-0.25, -0.2) is 0 Å². The molecule has 2 aliphatic rings. The molecule has 1 aromatic carbocycles. The van der Waals surface area contributed by atoms with Gasteiger partial charge in [0, 0.05) is 24.7 Å². The van der Waals surface area contributed by atoms with Crippen LogP contribution in [0.2, 0.25) is 0 Å². The van der Waals surface area contributed by atoms with Gasteiger partial charge in [0.1, 0.15) is 0 Å². The van der Waals surface area contributed by atoms with Gasteiger partial charge in [0.2, 0.25) is 5.91 Å². The van der Waals surface area contributed by atoms with Crippen molar-refractivity contribution in [2.75, 3.05) is 26.2 Å². The average Bonchev–Trinajstić information content (AvgIpc) is 2.94. The Balaban J connectivity index is 1.68. The fourth-order valence-corrected chi connectivity index (χ4v) is 3.37. The van der Waals surface area contributed by atoms with E-state index in [-0.39, 0.29) is 18.0 Å². The number of carbonyl (C=O) groups excluding carboxylic acids is 1. The molecule has 2 fully saturated rings. The van der Waals surface area contributed by atoms with Crippen LogP contribution in [0.1, 0.15) is 12.0 Å². The predicted octanol–water partition coefficient (Wildman–Crippen LogP) is 1.21. The quantitative estimate of drug-likeness (QED) is 0.670. The number of rotatable bonds is 3. The second-order valence-corrected chi connectivity index (χ2v) is 5.87. The molecule has 2 atom stereocenters. The molecule has 0 spiro atoms. The lowest BCUT2D eigenvalue weighted by molar-refractivity contribution is -0.385. The second-order valence-electron chi connectivity index (χ2n) is 5.87. The number of para-hydroxylation sites is 1. The van der Waals surface area contributed by atoms with Gasteiger partial charge in [-0.05, 0) is 31.3 Å². The topological polar surface area (TPSA) is 75.5 Å². The highest BCUT2D eigenvalue weighted by Crippen LogP contribution is 2.27. The maximum Gasteiger partial charge on any atom is 0.273 e. The van der Waals surface area contributed by atoms with E-state index in [4.69, 9.17) is 0 Å². The van der Waals surface area contributed by atoms with Crippen molar-refractivity contribution in [2.24, 2.45) is 11.8 Å². The number of piperidine rings is 1. The Kier molecular flexibility index (Phi) is 3.88. The summed E-state index contributed by atoms with van der Waals surface area (Å²) in [6, 6.07) is 6.49. The normalized spacial score (nSPS) is 24.7. The number of nitro benzene ring substituents is 1. The van der Waals surface area contributed by atoms with E-state index < -0.39 is 4.92 Å². The summed E-state index contributed by atoms with van der Waals surface area (Å²) in [4.78, 5) is 24.9. The molecule has 6 heteroatoms. The van der Waals surface area contributed by atoms with Gasteiger partial charge in [-0.1, -0.05) is 18.2 Å². The highest BCUT2D eigenvalue weighted by molar-refractivity contribution is 5.80. The van der Waals surface area contributed by atoms with Gasteiger partial charge in [-0.2, -0.15) is 0 Å². The third kappa shape index (κ3) is 2.90. The summed E-state index contributed by atoms with van der Waals surface area (Å²) in [6.07, 6.45) is 1.14. The van der Waals surface area contributed by atoms with Crippen molar-refractivity contribution < 1.29 is 9.72 Å². The van der Waals surface area contributed by atoms with E-state index in [1.54, 1.807) is 18.2 Å². The number of hydrogen-bond acceptors (Lipinski definition) is 4. The number of carbonyl (C=O) groups is 1. The van der Waals surface area contributed by atoms with Crippen LogP contribution < -0.4 is 5.32 Å². The molecular formula is C15H19N3O3. The van der Waals surface area contributed by atoms with Crippen molar-refractivity contribution in [3.8, 4) is 0 Å². The van der Waals surface area contributed by atoms with Gasteiger partial charge in [-0.15, -0.1) is 0 Å². The number of likely N-dealkylation sites (tertiary alicyclic amines) is 1. The van der Waals surface area contributed by atoms with E-state index in [2.05, 4.69) is 5.32 Å². The summed E-state index contributed by atoms with van der Waals surface area (Å²) in [6.45, 7) is 3.57. The molecule has 2 saturated heterocycles. The molecule has 2 aliphatic heterocycles. The van der Waals surface area contributed by atoms with Gasteiger partial charge in [0.05, 0.1) is 11.3 Å². The number of nitrogens with one attached hydrogen (secondary N) is 1. The van der Waals surface area contributed by atoms with Crippen molar-refractivity contribution >= 4 is 11.6 Å². The first-order valence-electron chi connectivity index (χ1n) is 7.36.